The lowest BCUT2D eigenvalue weighted by atomic mass is 10.2. The second kappa shape index (κ2) is 8.58. The van der Waals surface area contributed by atoms with Crippen LogP contribution in [0.2, 0.25) is 0 Å². The number of aryl methyl sites for hydroxylation is 1. The van der Waals surface area contributed by atoms with Crippen LogP contribution in [0.15, 0.2) is 0 Å². The molecular formula is C12H19N3O3S. The number of rotatable bonds is 8. The highest BCUT2D eigenvalue weighted by atomic mass is 32.1. The minimum atomic E-state index is -0.233. The van der Waals surface area contributed by atoms with E-state index in [2.05, 4.69) is 14.9 Å². The van der Waals surface area contributed by atoms with Crippen LogP contribution >= 0.6 is 11.5 Å². The van der Waals surface area contributed by atoms with E-state index in [9.17, 15) is 9.59 Å². The predicted molar refractivity (Wildman–Crippen MR) is 72.1 cm³/mol. The Kier molecular flexibility index (Phi) is 7.02. The standard InChI is InChI=1S/C12H19N3O3S/c1-3-6-9-11(19-15-14-9)12(17)13-8-5-7-10(16)18-4-2/h3-8H2,1-2H3,(H,13,17). The van der Waals surface area contributed by atoms with Gasteiger partial charge in [-0.15, -0.1) is 5.10 Å². The highest BCUT2D eigenvalue weighted by Gasteiger charge is 2.15. The molecule has 106 valence electrons. The highest BCUT2D eigenvalue weighted by molar-refractivity contribution is 7.08. The van der Waals surface area contributed by atoms with E-state index < -0.39 is 0 Å². The van der Waals surface area contributed by atoms with Gasteiger partial charge in [-0.05, 0) is 31.3 Å². The van der Waals surface area contributed by atoms with Gasteiger partial charge in [0.15, 0.2) is 0 Å². The lowest BCUT2D eigenvalue weighted by molar-refractivity contribution is -0.143. The number of hydrogen-bond donors (Lipinski definition) is 1. The zero-order valence-corrected chi connectivity index (χ0v) is 12.1. The summed E-state index contributed by atoms with van der Waals surface area (Å²) >= 11 is 1.11. The van der Waals surface area contributed by atoms with Gasteiger partial charge in [-0.2, -0.15) is 0 Å². The van der Waals surface area contributed by atoms with E-state index in [1.54, 1.807) is 6.92 Å². The first-order valence-electron chi connectivity index (χ1n) is 6.44. The number of carbonyl (C=O) groups is 2. The highest BCUT2D eigenvalue weighted by Crippen LogP contribution is 2.12. The Morgan fingerprint density at radius 3 is 2.84 bits per heavy atom. The van der Waals surface area contributed by atoms with Gasteiger partial charge in [-0.25, -0.2) is 0 Å². The van der Waals surface area contributed by atoms with Crippen LogP contribution in [0.4, 0.5) is 0 Å². The molecule has 0 aliphatic heterocycles. The van der Waals surface area contributed by atoms with Gasteiger partial charge in [0.1, 0.15) is 4.88 Å². The Bertz CT molecular complexity index is 420. The van der Waals surface area contributed by atoms with Gasteiger partial charge in [-0.3, -0.25) is 9.59 Å². The molecule has 0 fully saturated rings. The van der Waals surface area contributed by atoms with E-state index in [-0.39, 0.29) is 11.9 Å². The van der Waals surface area contributed by atoms with Crippen molar-refractivity contribution in [2.45, 2.75) is 39.5 Å². The van der Waals surface area contributed by atoms with Crippen LogP contribution in [-0.4, -0.2) is 34.6 Å². The number of nitrogens with one attached hydrogen (secondary N) is 1. The summed E-state index contributed by atoms with van der Waals surface area (Å²) in [7, 11) is 0. The third-order valence-corrected chi connectivity index (χ3v) is 3.16. The van der Waals surface area contributed by atoms with Crippen LogP contribution in [0, 0.1) is 0 Å². The molecule has 7 heteroatoms. The lowest BCUT2D eigenvalue weighted by Crippen LogP contribution is -2.25. The van der Waals surface area contributed by atoms with Gasteiger partial charge in [-0.1, -0.05) is 17.8 Å². The van der Waals surface area contributed by atoms with E-state index >= 15 is 0 Å². The molecule has 0 aliphatic carbocycles. The summed E-state index contributed by atoms with van der Waals surface area (Å²) in [6, 6.07) is 0. The molecule has 0 spiro atoms. The molecule has 0 aromatic carbocycles. The molecule has 19 heavy (non-hydrogen) atoms. The van der Waals surface area contributed by atoms with Crippen LogP contribution in [0.1, 0.15) is 48.5 Å². The quantitative estimate of drug-likeness (QED) is 0.579. The summed E-state index contributed by atoms with van der Waals surface area (Å²) in [6.07, 6.45) is 2.56. The molecule has 0 unspecified atom stereocenters. The predicted octanol–water partition coefficient (Wildman–Crippen LogP) is 1.56. The van der Waals surface area contributed by atoms with Gasteiger partial charge < -0.3 is 10.1 Å². The van der Waals surface area contributed by atoms with Crippen molar-refractivity contribution in [3.05, 3.63) is 10.6 Å². The molecule has 6 nitrogen and oxygen atoms in total. The molecule has 0 radical (unpaired) electrons. The molecular weight excluding hydrogens is 266 g/mol. The number of hydrogen-bond acceptors (Lipinski definition) is 6. The topological polar surface area (TPSA) is 81.2 Å². The van der Waals surface area contributed by atoms with Crippen molar-refractivity contribution in [3.8, 4) is 0 Å². The van der Waals surface area contributed by atoms with Gasteiger partial charge in [0.05, 0.1) is 12.3 Å². The molecule has 1 aromatic rings. The van der Waals surface area contributed by atoms with Crippen molar-refractivity contribution in [3.63, 3.8) is 0 Å². The fourth-order valence-electron chi connectivity index (χ4n) is 1.53. The van der Waals surface area contributed by atoms with E-state index in [0.29, 0.717) is 30.9 Å². The lowest BCUT2D eigenvalue weighted by Gasteiger charge is -2.04. The van der Waals surface area contributed by atoms with Crippen LogP contribution in [0.25, 0.3) is 0 Å². The van der Waals surface area contributed by atoms with Crippen molar-refractivity contribution in [1.29, 1.82) is 0 Å². The molecule has 0 saturated carbocycles. The summed E-state index contributed by atoms with van der Waals surface area (Å²) in [6.45, 7) is 4.63. The molecule has 0 atom stereocenters. The molecule has 1 heterocycles. The number of nitrogens with zero attached hydrogens (tertiary/aromatic N) is 2. The van der Waals surface area contributed by atoms with Crippen molar-refractivity contribution >= 4 is 23.4 Å². The Hall–Kier alpha value is -1.50. The maximum absolute atomic E-state index is 11.9. The molecule has 0 saturated heterocycles. The third kappa shape index (κ3) is 5.34. The molecule has 1 N–H and O–H groups in total. The number of carbonyl (C=O) groups excluding carboxylic acids is 2. The van der Waals surface area contributed by atoms with Crippen molar-refractivity contribution in [2.24, 2.45) is 0 Å². The smallest absolute Gasteiger partial charge is 0.305 e. The zero-order valence-electron chi connectivity index (χ0n) is 11.3. The van der Waals surface area contributed by atoms with Crippen LogP contribution < -0.4 is 5.32 Å². The second-order valence-corrected chi connectivity index (χ2v) is 4.72. The maximum atomic E-state index is 11.9. The van der Waals surface area contributed by atoms with Gasteiger partial charge in [0, 0.05) is 13.0 Å². The van der Waals surface area contributed by atoms with Crippen molar-refractivity contribution in [2.75, 3.05) is 13.2 Å². The average Bonchev–Trinajstić information content (AvgIpc) is 2.83. The fraction of sp³-hybridized carbons (Fsp3) is 0.667. The molecule has 1 amide bonds. The summed E-state index contributed by atoms with van der Waals surface area (Å²) in [5.74, 6) is -0.398. The molecule has 1 rings (SSSR count). The number of esters is 1. The van der Waals surface area contributed by atoms with Gasteiger partial charge in [0.25, 0.3) is 5.91 Å². The fourth-order valence-corrected chi connectivity index (χ4v) is 2.15. The van der Waals surface area contributed by atoms with Crippen molar-refractivity contribution < 1.29 is 14.3 Å². The molecule has 0 bridgehead atoms. The summed E-state index contributed by atoms with van der Waals surface area (Å²) in [5.41, 5.74) is 0.746. The average molecular weight is 285 g/mol. The summed E-state index contributed by atoms with van der Waals surface area (Å²) < 4.78 is 8.60. The Morgan fingerprint density at radius 1 is 1.37 bits per heavy atom. The van der Waals surface area contributed by atoms with E-state index in [1.807, 2.05) is 6.92 Å². The minimum Gasteiger partial charge on any atom is -0.466 e. The Balaban J connectivity index is 2.31. The normalized spacial score (nSPS) is 10.2. The van der Waals surface area contributed by atoms with E-state index in [4.69, 9.17) is 4.74 Å². The molecule has 1 aromatic heterocycles. The third-order valence-electron chi connectivity index (χ3n) is 2.40. The zero-order chi connectivity index (χ0) is 14.1. The summed E-state index contributed by atoms with van der Waals surface area (Å²) in [4.78, 5) is 23.5. The van der Waals surface area contributed by atoms with E-state index in [1.165, 1.54) is 0 Å². The number of ether oxygens (including phenoxy) is 1. The van der Waals surface area contributed by atoms with Gasteiger partial charge >= 0.3 is 5.97 Å². The first-order valence-corrected chi connectivity index (χ1v) is 7.21. The maximum Gasteiger partial charge on any atom is 0.305 e. The second-order valence-electron chi connectivity index (χ2n) is 3.96. The minimum absolute atomic E-state index is 0.165. The Labute approximate surface area is 116 Å². The first kappa shape index (κ1) is 15.6. The van der Waals surface area contributed by atoms with Crippen LogP contribution in [-0.2, 0) is 16.0 Å². The first-order chi connectivity index (χ1) is 9.19. The largest absolute Gasteiger partial charge is 0.466 e. The Morgan fingerprint density at radius 2 is 2.16 bits per heavy atom. The number of amides is 1. The van der Waals surface area contributed by atoms with E-state index in [0.717, 1.165) is 30.1 Å². The molecule has 0 aliphatic rings. The summed E-state index contributed by atoms with van der Waals surface area (Å²) in [5, 5.41) is 6.71. The van der Waals surface area contributed by atoms with Crippen LogP contribution in [0.5, 0.6) is 0 Å². The van der Waals surface area contributed by atoms with Gasteiger partial charge in [0.2, 0.25) is 0 Å². The SMILES string of the molecule is CCCc1nnsc1C(=O)NCCCC(=O)OCC. The van der Waals surface area contributed by atoms with Crippen LogP contribution in [0.3, 0.4) is 0 Å². The number of aromatic nitrogens is 2. The monoisotopic (exact) mass is 285 g/mol. The van der Waals surface area contributed by atoms with Crippen molar-refractivity contribution in [1.82, 2.24) is 14.9 Å².